The normalized spacial score (nSPS) is 31.3. The van der Waals surface area contributed by atoms with Crippen LogP contribution >= 0.6 is 33.9 Å². The van der Waals surface area contributed by atoms with Gasteiger partial charge in [-0.25, -0.2) is 0 Å². The van der Waals surface area contributed by atoms with Crippen molar-refractivity contribution in [3.8, 4) is 10.6 Å². The molecule has 3 rings (SSSR count). The molecular formula is C15H17INO5S+. The molecule has 1 aromatic carbocycles. The third kappa shape index (κ3) is 3.29. The van der Waals surface area contributed by atoms with Gasteiger partial charge < -0.3 is 25.2 Å². The third-order valence-electron chi connectivity index (χ3n) is 3.87. The summed E-state index contributed by atoms with van der Waals surface area (Å²) in [5, 5.41) is 42.1. The second-order valence-corrected chi connectivity index (χ2v) is 7.48. The van der Waals surface area contributed by atoms with Crippen LogP contribution in [0.3, 0.4) is 0 Å². The summed E-state index contributed by atoms with van der Waals surface area (Å²) in [4.78, 5) is 0. The summed E-state index contributed by atoms with van der Waals surface area (Å²) in [5.74, 6) is 0. The number of aromatic nitrogens is 1. The van der Waals surface area contributed by atoms with E-state index in [1.54, 1.807) is 10.8 Å². The fourth-order valence-corrected chi connectivity index (χ4v) is 3.85. The first-order chi connectivity index (χ1) is 11.0. The van der Waals surface area contributed by atoms with Gasteiger partial charge in [-0.3, -0.25) is 0 Å². The lowest BCUT2D eigenvalue weighted by Gasteiger charge is -2.36. The average molecular weight is 450 g/mol. The molecule has 1 aliphatic rings. The molecule has 6 nitrogen and oxygen atoms in total. The molecule has 1 fully saturated rings. The van der Waals surface area contributed by atoms with Crippen LogP contribution in [0.15, 0.2) is 35.8 Å². The number of thiazole rings is 1. The van der Waals surface area contributed by atoms with Crippen molar-refractivity contribution in [3.63, 3.8) is 0 Å². The van der Waals surface area contributed by atoms with Crippen molar-refractivity contribution in [1.29, 1.82) is 0 Å². The quantitative estimate of drug-likeness (QED) is 0.398. The van der Waals surface area contributed by atoms with E-state index in [0.717, 1.165) is 14.1 Å². The van der Waals surface area contributed by atoms with Crippen molar-refractivity contribution in [3.05, 3.63) is 39.4 Å². The molecule has 0 saturated carbocycles. The van der Waals surface area contributed by atoms with Gasteiger partial charge in [0.15, 0.2) is 12.3 Å². The second-order valence-electron chi connectivity index (χ2n) is 5.34. The Balaban J connectivity index is 1.96. The van der Waals surface area contributed by atoms with E-state index in [2.05, 4.69) is 22.6 Å². The summed E-state index contributed by atoms with van der Waals surface area (Å²) in [7, 11) is 0. The van der Waals surface area contributed by atoms with E-state index in [4.69, 9.17) is 4.74 Å². The number of aliphatic hydroxyl groups is 4. The van der Waals surface area contributed by atoms with Crippen LogP contribution < -0.4 is 4.57 Å². The molecule has 0 aliphatic carbocycles. The van der Waals surface area contributed by atoms with Gasteiger partial charge in [0, 0.05) is 3.57 Å². The van der Waals surface area contributed by atoms with Crippen LogP contribution in [0.2, 0.25) is 0 Å². The van der Waals surface area contributed by atoms with E-state index in [0.29, 0.717) is 0 Å². The molecule has 0 bridgehead atoms. The Morgan fingerprint density at radius 2 is 1.78 bits per heavy atom. The van der Waals surface area contributed by atoms with Crippen LogP contribution in [-0.4, -0.2) is 51.4 Å². The molecule has 5 atom stereocenters. The topological polar surface area (TPSA) is 94.0 Å². The smallest absolute Gasteiger partial charge is 0.293 e. The Hall–Kier alpha value is -0.620. The molecule has 1 aromatic heterocycles. The number of rotatable bonds is 3. The largest absolute Gasteiger partial charge is 0.394 e. The van der Waals surface area contributed by atoms with Crippen LogP contribution in [0.4, 0.5) is 0 Å². The minimum Gasteiger partial charge on any atom is -0.394 e. The molecule has 1 unspecified atom stereocenters. The van der Waals surface area contributed by atoms with E-state index >= 15 is 0 Å². The maximum absolute atomic E-state index is 10.3. The zero-order valence-corrected chi connectivity index (χ0v) is 15.0. The summed E-state index contributed by atoms with van der Waals surface area (Å²) in [6, 6.07) is 7.89. The van der Waals surface area contributed by atoms with Gasteiger partial charge in [0.2, 0.25) is 0 Å². The molecule has 124 valence electrons. The zero-order valence-electron chi connectivity index (χ0n) is 12.0. The van der Waals surface area contributed by atoms with Crippen molar-refractivity contribution >= 4 is 33.9 Å². The van der Waals surface area contributed by atoms with E-state index < -0.39 is 37.3 Å². The first-order valence-electron chi connectivity index (χ1n) is 7.08. The number of ether oxygens (including phenoxy) is 1. The van der Waals surface area contributed by atoms with Gasteiger partial charge in [-0.05, 0) is 46.9 Å². The monoisotopic (exact) mass is 450 g/mol. The van der Waals surface area contributed by atoms with Gasteiger partial charge in [0.25, 0.3) is 11.2 Å². The number of halogens is 1. The highest BCUT2D eigenvalue weighted by molar-refractivity contribution is 14.1. The summed E-state index contributed by atoms with van der Waals surface area (Å²) in [6.07, 6.45) is -4.09. The maximum Gasteiger partial charge on any atom is 0.293 e. The number of nitrogens with zero attached hydrogens (tertiary/aromatic N) is 1. The van der Waals surface area contributed by atoms with Gasteiger partial charge in [0.05, 0.1) is 17.6 Å². The van der Waals surface area contributed by atoms with Crippen molar-refractivity contribution in [2.24, 2.45) is 0 Å². The van der Waals surface area contributed by atoms with E-state index in [9.17, 15) is 20.4 Å². The highest BCUT2D eigenvalue weighted by Crippen LogP contribution is 2.29. The van der Waals surface area contributed by atoms with Gasteiger partial charge >= 0.3 is 0 Å². The lowest BCUT2D eigenvalue weighted by atomic mass is 9.98. The average Bonchev–Trinajstić information content (AvgIpc) is 3.03. The fourth-order valence-electron chi connectivity index (χ4n) is 2.61. The predicted octanol–water partition coefficient (Wildman–Crippen LogP) is 0.280. The number of hydrogen-bond donors (Lipinski definition) is 4. The van der Waals surface area contributed by atoms with Crippen molar-refractivity contribution in [1.82, 2.24) is 0 Å². The molecule has 8 heteroatoms. The Kier molecular flexibility index (Phi) is 5.31. The van der Waals surface area contributed by atoms with Crippen LogP contribution in [0.1, 0.15) is 6.23 Å². The SMILES string of the molecule is OC[C@H]1OC([n+]2ccsc2-c2ccc(I)cc2)[C@H](O)[C@@H](O)[C@@H]1O. The molecule has 2 heterocycles. The van der Waals surface area contributed by atoms with Gasteiger partial charge in [-0.15, -0.1) is 0 Å². The number of aliphatic hydroxyl groups excluding tert-OH is 4. The summed E-state index contributed by atoms with van der Waals surface area (Å²) < 4.78 is 8.45. The minimum absolute atomic E-state index is 0.439. The highest BCUT2D eigenvalue weighted by atomic mass is 127. The Morgan fingerprint density at radius 3 is 2.43 bits per heavy atom. The predicted molar refractivity (Wildman–Crippen MR) is 91.7 cm³/mol. The van der Waals surface area contributed by atoms with Crippen molar-refractivity contribution in [2.45, 2.75) is 30.6 Å². The summed E-state index contributed by atoms with van der Waals surface area (Å²) in [6.45, 7) is -0.439. The Labute approximate surface area is 150 Å². The Morgan fingerprint density at radius 1 is 1.09 bits per heavy atom. The minimum atomic E-state index is -1.39. The second kappa shape index (κ2) is 7.09. The van der Waals surface area contributed by atoms with Crippen molar-refractivity contribution in [2.75, 3.05) is 6.61 Å². The summed E-state index contributed by atoms with van der Waals surface area (Å²) >= 11 is 3.70. The first kappa shape index (κ1) is 17.2. The third-order valence-corrected chi connectivity index (χ3v) is 5.51. The van der Waals surface area contributed by atoms with Crippen LogP contribution in [0.5, 0.6) is 0 Å². The van der Waals surface area contributed by atoms with E-state index in [-0.39, 0.29) is 0 Å². The fraction of sp³-hybridized carbons (Fsp3) is 0.400. The van der Waals surface area contributed by atoms with Crippen molar-refractivity contribution < 1.29 is 29.7 Å². The standard InChI is InChI=1S/C15H17INO5S/c16-9-3-1-8(2-4-9)15-17(5-6-23-15)14-13(21)12(20)11(19)10(7-18)22-14/h1-6,10-14,18-21H,7H2/q+1/t10-,11-,12+,13-,14?/m1/s1. The summed E-state index contributed by atoms with van der Waals surface area (Å²) in [5.41, 5.74) is 0.956. The lowest BCUT2D eigenvalue weighted by molar-refractivity contribution is -0.766. The zero-order chi connectivity index (χ0) is 16.6. The lowest BCUT2D eigenvalue weighted by Crippen LogP contribution is -2.62. The number of benzene rings is 1. The van der Waals surface area contributed by atoms with E-state index in [1.807, 2.05) is 29.6 Å². The molecule has 1 saturated heterocycles. The Bertz CT molecular complexity index is 662. The molecule has 0 radical (unpaired) electrons. The maximum atomic E-state index is 10.3. The molecule has 4 N–H and O–H groups in total. The first-order valence-corrected chi connectivity index (χ1v) is 9.04. The van der Waals surface area contributed by atoms with Gasteiger partial charge in [-0.2, -0.15) is 4.57 Å². The van der Waals surface area contributed by atoms with Crippen LogP contribution in [-0.2, 0) is 4.74 Å². The molecule has 0 amide bonds. The van der Waals surface area contributed by atoms with Gasteiger partial charge in [-0.1, -0.05) is 11.3 Å². The van der Waals surface area contributed by atoms with Crippen LogP contribution in [0, 0.1) is 3.57 Å². The molecule has 23 heavy (non-hydrogen) atoms. The molecular weight excluding hydrogens is 433 g/mol. The van der Waals surface area contributed by atoms with E-state index in [1.165, 1.54) is 11.3 Å². The molecule has 1 aliphatic heterocycles. The molecule has 0 spiro atoms. The highest BCUT2D eigenvalue weighted by Gasteiger charge is 2.49. The molecule has 2 aromatic rings. The van der Waals surface area contributed by atoms with Crippen LogP contribution in [0.25, 0.3) is 10.6 Å². The van der Waals surface area contributed by atoms with Gasteiger partial charge in [0.1, 0.15) is 18.3 Å². The number of hydrogen-bond acceptors (Lipinski definition) is 6.